The summed E-state index contributed by atoms with van der Waals surface area (Å²) in [5, 5.41) is 12.9. The molecular formula is C23H35NO3. The molecule has 0 aromatic carbocycles. The number of allylic oxidation sites excluding steroid dienone is 1. The SMILES string of the molecule is CC(=O)O[C@H]1CC[C@@]2(C)C(=CC[C@@H]3[C@H]4CC[C@@H](/C(C)=N\O)[C@]4(C)CC[C@H]32)C1. The number of rotatable bonds is 2. The van der Waals surface area contributed by atoms with Gasteiger partial charge in [-0.3, -0.25) is 4.79 Å². The Morgan fingerprint density at radius 1 is 1.15 bits per heavy atom. The minimum atomic E-state index is -0.149. The molecule has 0 radical (unpaired) electrons. The summed E-state index contributed by atoms with van der Waals surface area (Å²) < 4.78 is 5.54. The van der Waals surface area contributed by atoms with Crippen LogP contribution in [0.5, 0.6) is 0 Å². The van der Waals surface area contributed by atoms with Crippen molar-refractivity contribution in [1.29, 1.82) is 0 Å². The standard InChI is InChI=1S/C23H35NO3/c1-14(24-26)19-7-8-20-18-6-5-16-13-17(27-15(2)25)9-11-22(16,3)21(18)10-12-23(19,20)4/h5,17-21,26H,6-13H2,1-4H3/b24-14-/t17-,18+,19-,20+,21+,22-,23-/m0/s1. The van der Waals surface area contributed by atoms with E-state index >= 15 is 0 Å². The van der Waals surface area contributed by atoms with Crippen LogP contribution >= 0.6 is 0 Å². The molecule has 3 saturated carbocycles. The van der Waals surface area contributed by atoms with Gasteiger partial charge in [0, 0.05) is 19.3 Å². The Kier molecular flexibility index (Phi) is 4.67. The van der Waals surface area contributed by atoms with Crippen molar-refractivity contribution in [3.63, 3.8) is 0 Å². The van der Waals surface area contributed by atoms with Gasteiger partial charge in [-0.2, -0.15) is 0 Å². The van der Waals surface area contributed by atoms with Crippen molar-refractivity contribution in [2.75, 3.05) is 0 Å². The van der Waals surface area contributed by atoms with E-state index in [9.17, 15) is 10.0 Å². The van der Waals surface area contributed by atoms with Crippen LogP contribution in [0.4, 0.5) is 0 Å². The van der Waals surface area contributed by atoms with E-state index in [4.69, 9.17) is 4.74 Å². The van der Waals surface area contributed by atoms with Crippen LogP contribution < -0.4 is 0 Å². The molecule has 0 bridgehead atoms. The molecule has 3 fully saturated rings. The highest BCUT2D eigenvalue weighted by Crippen LogP contribution is 2.66. The van der Waals surface area contributed by atoms with Gasteiger partial charge in [-0.15, -0.1) is 0 Å². The Bertz CT molecular complexity index is 683. The summed E-state index contributed by atoms with van der Waals surface area (Å²) in [6, 6.07) is 0. The number of carbonyl (C=O) groups excluding carboxylic acids is 1. The van der Waals surface area contributed by atoms with Gasteiger partial charge in [0.15, 0.2) is 0 Å². The van der Waals surface area contributed by atoms with E-state index in [2.05, 4.69) is 25.1 Å². The number of hydrogen-bond donors (Lipinski definition) is 1. The van der Waals surface area contributed by atoms with Crippen LogP contribution in [-0.2, 0) is 9.53 Å². The Hall–Kier alpha value is -1.32. The average molecular weight is 374 g/mol. The summed E-state index contributed by atoms with van der Waals surface area (Å²) in [5.74, 6) is 2.52. The second-order valence-electron chi connectivity index (χ2n) is 10.1. The topological polar surface area (TPSA) is 58.9 Å². The van der Waals surface area contributed by atoms with E-state index in [1.165, 1.54) is 39.0 Å². The molecule has 27 heavy (non-hydrogen) atoms. The third-order valence-corrected chi connectivity index (χ3v) is 9.05. The minimum absolute atomic E-state index is 0.0755. The molecule has 0 spiro atoms. The monoisotopic (exact) mass is 373 g/mol. The summed E-state index contributed by atoms with van der Waals surface area (Å²) in [7, 11) is 0. The average Bonchev–Trinajstić information content (AvgIpc) is 2.98. The van der Waals surface area contributed by atoms with Crippen molar-refractivity contribution in [1.82, 2.24) is 0 Å². The number of nitrogens with zero attached hydrogens (tertiary/aromatic N) is 1. The lowest BCUT2D eigenvalue weighted by Gasteiger charge is -2.58. The van der Waals surface area contributed by atoms with Crippen molar-refractivity contribution >= 4 is 11.7 Å². The Balaban J connectivity index is 1.58. The maximum absolute atomic E-state index is 11.4. The fourth-order valence-electron chi connectivity index (χ4n) is 7.72. The second-order valence-corrected chi connectivity index (χ2v) is 10.1. The fraction of sp³-hybridized carbons (Fsp3) is 0.826. The van der Waals surface area contributed by atoms with Crippen LogP contribution in [0.15, 0.2) is 16.8 Å². The molecule has 1 N–H and O–H groups in total. The van der Waals surface area contributed by atoms with E-state index in [-0.39, 0.29) is 22.9 Å². The minimum Gasteiger partial charge on any atom is -0.462 e. The lowest BCUT2D eigenvalue weighted by Crippen LogP contribution is -2.51. The molecule has 0 aromatic rings. The van der Waals surface area contributed by atoms with Crippen molar-refractivity contribution in [3.05, 3.63) is 11.6 Å². The van der Waals surface area contributed by atoms with E-state index < -0.39 is 0 Å². The first-order valence-corrected chi connectivity index (χ1v) is 10.8. The predicted molar refractivity (Wildman–Crippen MR) is 106 cm³/mol. The van der Waals surface area contributed by atoms with E-state index in [1.807, 2.05) is 6.92 Å². The molecule has 0 unspecified atom stereocenters. The molecule has 0 aliphatic heterocycles. The van der Waals surface area contributed by atoms with Gasteiger partial charge >= 0.3 is 5.97 Å². The first-order chi connectivity index (χ1) is 12.8. The lowest BCUT2D eigenvalue weighted by molar-refractivity contribution is -0.148. The second kappa shape index (κ2) is 6.63. The molecular weight excluding hydrogens is 338 g/mol. The van der Waals surface area contributed by atoms with Crippen LogP contribution in [0.25, 0.3) is 0 Å². The zero-order chi connectivity index (χ0) is 19.4. The number of hydrogen-bond acceptors (Lipinski definition) is 4. The molecule has 7 atom stereocenters. The third-order valence-electron chi connectivity index (χ3n) is 9.05. The molecule has 4 aliphatic carbocycles. The van der Waals surface area contributed by atoms with Crippen LogP contribution in [0, 0.1) is 34.5 Å². The van der Waals surface area contributed by atoms with Gasteiger partial charge in [0.1, 0.15) is 6.10 Å². The molecule has 4 nitrogen and oxygen atoms in total. The first-order valence-electron chi connectivity index (χ1n) is 10.8. The highest BCUT2D eigenvalue weighted by Gasteiger charge is 2.59. The maximum Gasteiger partial charge on any atom is 0.302 e. The number of ether oxygens (including phenoxy) is 1. The molecule has 4 aliphatic rings. The maximum atomic E-state index is 11.4. The molecule has 0 amide bonds. The number of esters is 1. The van der Waals surface area contributed by atoms with Crippen molar-refractivity contribution in [2.45, 2.75) is 85.2 Å². The quantitative estimate of drug-likeness (QED) is 0.233. The molecule has 4 rings (SSSR count). The number of carbonyl (C=O) groups is 1. The van der Waals surface area contributed by atoms with Crippen molar-refractivity contribution in [3.8, 4) is 0 Å². The highest BCUT2D eigenvalue weighted by atomic mass is 16.5. The fourth-order valence-corrected chi connectivity index (χ4v) is 7.72. The summed E-state index contributed by atoms with van der Waals surface area (Å²) in [5.41, 5.74) is 3.04. The summed E-state index contributed by atoms with van der Waals surface area (Å²) in [4.78, 5) is 11.4. The predicted octanol–water partition coefficient (Wildman–Crippen LogP) is 5.35. The van der Waals surface area contributed by atoms with Crippen molar-refractivity contribution in [2.24, 2.45) is 39.7 Å². The van der Waals surface area contributed by atoms with Gasteiger partial charge in [-0.25, -0.2) is 0 Å². The first kappa shape index (κ1) is 19.0. The highest BCUT2D eigenvalue weighted by molar-refractivity contribution is 5.85. The Labute approximate surface area is 163 Å². The van der Waals surface area contributed by atoms with E-state index in [0.29, 0.717) is 5.92 Å². The smallest absolute Gasteiger partial charge is 0.302 e. The molecule has 0 aromatic heterocycles. The van der Waals surface area contributed by atoms with E-state index in [0.717, 1.165) is 42.7 Å². The van der Waals surface area contributed by atoms with Gasteiger partial charge in [-0.1, -0.05) is 30.7 Å². The van der Waals surface area contributed by atoms with Crippen LogP contribution in [-0.4, -0.2) is 23.0 Å². The van der Waals surface area contributed by atoms with Gasteiger partial charge in [0.25, 0.3) is 0 Å². The van der Waals surface area contributed by atoms with Gasteiger partial charge < -0.3 is 9.94 Å². The van der Waals surface area contributed by atoms with Gasteiger partial charge in [0.2, 0.25) is 0 Å². The molecule has 4 heteroatoms. The van der Waals surface area contributed by atoms with Crippen LogP contribution in [0.1, 0.15) is 79.1 Å². The lowest BCUT2D eigenvalue weighted by atomic mass is 9.47. The van der Waals surface area contributed by atoms with Crippen LogP contribution in [0.2, 0.25) is 0 Å². The van der Waals surface area contributed by atoms with Crippen LogP contribution in [0.3, 0.4) is 0 Å². The Morgan fingerprint density at radius 3 is 2.63 bits per heavy atom. The summed E-state index contributed by atoms with van der Waals surface area (Å²) >= 11 is 0. The number of fused-ring (bicyclic) bond motifs is 5. The Morgan fingerprint density at radius 2 is 1.93 bits per heavy atom. The van der Waals surface area contributed by atoms with Gasteiger partial charge in [-0.05, 0) is 80.5 Å². The third kappa shape index (κ3) is 2.86. The normalized spacial score (nSPS) is 46.7. The zero-order valence-electron chi connectivity index (χ0n) is 17.3. The molecule has 150 valence electrons. The van der Waals surface area contributed by atoms with Gasteiger partial charge in [0.05, 0.1) is 5.71 Å². The van der Waals surface area contributed by atoms with Crippen molar-refractivity contribution < 1.29 is 14.7 Å². The molecule has 0 heterocycles. The summed E-state index contributed by atoms with van der Waals surface area (Å²) in [6.07, 6.45) is 11.8. The number of oxime groups is 1. The van der Waals surface area contributed by atoms with E-state index in [1.54, 1.807) is 5.57 Å². The summed E-state index contributed by atoms with van der Waals surface area (Å²) in [6.45, 7) is 8.46. The molecule has 0 saturated heterocycles. The largest absolute Gasteiger partial charge is 0.462 e. The zero-order valence-corrected chi connectivity index (χ0v) is 17.3.